The molecule has 0 unspecified atom stereocenters. The summed E-state index contributed by atoms with van der Waals surface area (Å²) < 4.78 is 3.75. The van der Waals surface area contributed by atoms with Gasteiger partial charge in [-0.25, -0.2) is 4.98 Å². The SMILES string of the molecule is CC.CC.Cc1ccccc1.Cc1ncns1. The Morgan fingerprint density at radius 3 is 1.59 bits per heavy atom. The Morgan fingerprint density at radius 2 is 1.41 bits per heavy atom. The fraction of sp³-hybridized carbons (Fsp3) is 0.429. The Labute approximate surface area is 110 Å². The summed E-state index contributed by atoms with van der Waals surface area (Å²) in [5, 5.41) is 1.02. The molecule has 0 radical (unpaired) electrons. The lowest BCUT2D eigenvalue weighted by Gasteiger charge is -1.82. The van der Waals surface area contributed by atoms with Crippen molar-refractivity contribution in [1.82, 2.24) is 9.36 Å². The topological polar surface area (TPSA) is 25.8 Å². The fourth-order valence-electron chi connectivity index (χ4n) is 0.763. The highest BCUT2D eigenvalue weighted by Crippen LogP contribution is 1.93. The molecule has 2 rings (SSSR count). The van der Waals surface area contributed by atoms with Crippen LogP contribution in [0.15, 0.2) is 36.7 Å². The van der Waals surface area contributed by atoms with Crippen LogP contribution >= 0.6 is 11.5 Å². The van der Waals surface area contributed by atoms with E-state index >= 15 is 0 Å². The Balaban J connectivity index is 0. The molecule has 1 heterocycles. The van der Waals surface area contributed by atoms with Crippen molar-refractivity contribution in [2.75, 3.05) is 0 Å². The lowest BCUT2D eigenvalue weighted by Crippen LogP contribution is -1.62. The zero-order valence-electron chi connectivity index (χ0n) is 11.8. The average Bonchev–Trinajstić information content (AvgIpc) is 2.87. The van der Waals surface area contributed by atoms with Gasteiger partial charge in [-0.2, -0.15) is 4.37 Å². The Kier molecular flexibility index (Phi) is 15.8. The summed E-state index contributed by atoms with van der Waals surface area (Å²) in [6, 6.07) is 10.3. The van der Waals surface area contributed by atoms with Gasteiger partial charge in [-0.15, -0.1) is 0 Å². The third kappa shape index (κ3) is 12.7. The van der Waals surface area contributed by atoms with Crippen LogP contribution in [0.1, 0.15) is 38.3 Å². The molecule has 96 valence electrons. The molecule has 0 saturated heterocycles. The molecule has 0 saturated carbocycles. The maximum Gasteiger partial charge on any atom is 0.129 e. The molecule has 0 atom stereocenters. The highest BCUT2D eigenvalue weighted by atomic mass is 32.1. The largest absolute Gasteiger partial charge is 0.228 e. The number of aryl methyl sites for hydroxylation is 2. The van der Waals surface area contributed by atoms with Gasteiger partial charge in [-0.05, 0) is 25.4 Å². The molecule has 2 aromatic rings. The highest BCUT2D eigenvalue weighted by molar-refractivity contribution is 7.05. The van der Waals surface area contributed by atoms with E-state index in [4.69, 9.17) is 0 Å². The van der Waals surface area contributed by atoms with Crippen molar-refractivity contribution in [3.05, 3.63) is 47.2 Å². The van der Waals surface area contributed by atoms with Crippen LogP contribution in [-0.4, -0.2) is 9.36 Å². The first-order valence-electron chi connectivity index (χ1n) is 6.04. The molecule has 17 heavy (non-hydrogen) atoms. The Bertz CT molecular complexity index is 317. The third-order valence-electron chi connectivity index (χ3n) is 1.41. The van der Waals surface area contributed by atoms with E-state index in [0.717, 1.165) is 5.01 Å². The predicted molar refractivity (Wildman–Crippen MR) is 78.5 cm³/mol. The monoisotopic (exact) mass is 252 g/mol. The average molecular weight is 252 g/mol. The van der Waals surface area contributed by atoms with Gasteiger partial charge in [-0.1, -0.05) is 63.6 Å². The first kappa shape index (κ1) is 18.2. The van der Waals surface area contributed by atoms with E-state index in [1.54, 1.807) is 6.33 Å². The lowest BCUT2D eigenvalue weighted by atomic mass is 10.2. The summed E-state index contributed by atoms with van der Waals surface area (Å²) in [5.74, 6) is 0. The Morgan fingerprint density at radius 1 is 0.882 bits per heavy atom. The predicted octanol–water partition coefficient (Wildman–Crippen LogP) is 4.89. The number of hydrogen-bond donors (Lipinski definition) is 0. The second-order valence-corrected chi connectivity index (χ2v) is 3.60. The van der Waals surface area contributed by atoms with Crippen LogP contribution < -0.4 is 0 Å². The molecule has 0 spiro atoms. The minimum atomic E-state index is 1.02. The number of rotatable bonds is 0. The van der Waals surface area contributed by atoms with Gasteiger partial charge in [0.1, 0.15) is 11.3 Å². The van der Waals surface area contributed by atoms with E-state index in [-0.39, 0.29) is 0 Å². The van der Waals surface area contributed by atoms with Crippen LogP contribution in [0.3, 0.4) is 0 Å². The Hall–Kier alpha value is -1.22. The molecular weight excluding hydrogens is 228 g/mol. The van der Waals surface area contributed by atoms with Crippen LogP contribution in [0.25, 0.3) is 0 Å². The summed E-state index contributed by atoms with van der Waals surface area (Å²) in [6.45, 7) is 12.0. The molecule has 0 aliphatic carbocycles. The first-order chi connectivity index (χ1) is 8.29. The zero-order chi connectivity index (χ0) is 13.5. The van der Waals surface area contributed by atoms with Gasteiger partial charge in [0.25, 0.3) is 0 Å². The normalized spacial score (nSPS) is 7.41. The quantitative estimate of drug-likeness (QED) is 0.667. The second-order valence-electron chi connectivity index (χ2n) is 2.61. The molecule has 3 heteroatoms. The van der Waals surface area contributed by atoms with Crippen molar-refractivity contribution in [3.8, 4) is 0 Å². The number of aromatic nitrogens is 2. The van der Waals surface area contributed by atoms with Crippen molar-refractivity contribution in [1.29, 1.82) is 0 Å². The minimum Gasteiger partial charge on any atom is -0.228 e. The minimum absolute atomic E-state index is 1.02. The molecule has 1 aromatic carbocycles. The van der Waals surface area contributed by atoms with E-state index < -0.39 is 0 Å². The van der Waals surface area contributed by atoms with E-state index in [2.05, 4.69) is 28.4 Å². The van der Waals surface area contributed by atoms with Crippen molar-refractivity contribution < 1.29 is 0 Å². The summed E-state index contributed by atoms with van der Waals surface area (Å²) in [6.07, 6.45) is 1.56. The van der Waals surface area contributed by atoms with Gasteiger partial charge in [0.05, 0.1) is 0 Å². The first-order valence-corrected chi connectivity index (χ1v) is 6.81. The van der Waals surface area contributed by atoms with Gasteiger partial charge in [0.15, 0.2) is 0 Å². The lowest BCUT2D eigenvalue weighted by molar-refractivity contribution is 1.26. The van der Waals surface area contributed by atoms with Gasteiger partial charge in [0, 0.05) is 0 Å². The zero-order valence-corrected chi connectivity index (χ0v) is 12.6. The standard InChI is InChI=1S/C7H8.C3H4N2S.2C2H6/c1-7-5-3-2-4-6-7;1-3-4-2-5-6-3;2*1-2/h2-6H,1H3;2H,1H3;2*1-2H3. The van der Waals surface area contributed by atoms with Crippen molar-refractivity contribution in [2.45, 2.75) is 41.5 Å². The van der Waals surface area contributed by atoms with Gasteiger partial charge in [0.2, 0.25) is 0 Å². The van der Waals surface area contributed by atoms with E-state index in [9.17, 15) is 0 Å². The third-order valence-corrected chi connectivity index (χ3v) is 1.98. The molecule has 1 aromatic heterocycles. The van der Waals surface area contributed by atoms with Crippen LogP contribution in [0, 0.1) is 13.8 Å². The van der Waals surface area contributed by atoms with Gasteiger partial charge >= 0.3 is 0 Å². The van der Waals surface area contributed by atoms with E-state index in [1.165, 1.54) is 17.1 Å². The second kappa shape index (κ2) is 14.8. The smallest absolute Gasteiger partial charge is 0.129 e. The van der Waals surface area contributed by atoms with E-state index in [0.29, 0.717) is 0 Å². The number of hydrogen-bond acceptors (Lipinski definition) is 3. The molecular formula is C14H24N2S. The van der Waals surface area contributed by atoms with Crippen LogP contribution in [-0.2, 0) is 0 Å². The summed E-state index contributed by atoms with van der Waals surface area (Å²) in [7, 11) is 0. The van der Waals surface area contributed by atoms with Crippen LogP contribution in [0.5, 0.6) is 0 Å². The summed E-state index contributed by atoms with van der Waals surface area (Å²) in [4.78, 5) is 3.82. The highest BCUT2D eigenvalue weighted by Gasteiger charge is 1.78. The van der Waals surface area contributed by atoms with Gasteiger partial charge < -0.3 is 0 Å². The number of nitrogens with zero attached hydrogens (tertiary/aromatic N) is 2. The molecule has 0 amide bonds. The van der Waals surface area contributed by atoms with Crippen molar-refractivity contribution in [3.63, 3.8) is 0 Å². The van der Waals surface area contributed by atoms with Crippen molar-refractivity contribution in [2.24, 2.45) is 0 Å². The maximum atomic E-state index is 3.82. The van der Waals surface area contributed by atoms with Crippen LogP contribution in [0.4, 0.5) is 0 Å². The molecule has 0 aliphatic heterocycles. The number of benzene rings is 1. The molecule has 0 bridgehead atoms. The molecule has 0 fully saturated rings. The van der Waals surface area contributed by atoms with Crippen LogP contribution in [0.2, 0.25) is 0 Å². The van der Waals surface area contributed by atoms with Gasteiger partial charge in [-0.3, -0.25) is 0 Å². The fourth-order valence-corrected chi connectivity index (χ4v) is 1.10. The van der Waals surface area contributed by atoms with Crippen molar-refractivity contribution >= 4 is 11.5 Å². The maximum absolute atomic E-state index is 3.82. The molecule has 0 N–H and O–H groups in total. The summed E-state index contributed by atoms with van der Waals surface area (Å²) >= 11 is 1.42. The van der Waals surface area contributed by atoms with E-state index in [1.807, 2.05) is 52.8 Å². The molecule has 2 nitrogen and oxygen atoms in total. The molecule has 0 aliphatic rings. The summed E-state index contributed by atoms with van der Waals surface area (Å²) in [5.41, 5.74) is 1.32.